The molecule has 0 bridgehead atoms. The highest BCUT2D eigenvalue weighted by molar-refractivity contribution is 6.02. The fraction of sp³-hybridized carbons (Fsp3) is 0.500. The molecule has 2 fully saturated rings. The zero-order chi connectivity index (χ0) is 24.5. The molecule has 2 unspecified atom stereocenters. The molecule has 5 heterocycles. The quantitative estimate of drug-likeness (QED) is 0.194. The topological polar surface area (TPSA) is 181 Å². The number of nitrogens with zero attached hydrogens (tertiary/aromatic N) is 4. The van der Waals surface area contributed by atoms with E-state index in [0.29, 0.717) is 6.54 Å². The van der Waals surface area contributed by atoms with Crippen LogP contribution in [0.15, 0.2) is 29.3 Å². The first kappa shape index (κ1) is 21.6. The number of imide groups is 1. The molecule has 0 radical (unpaired) electrons. The standard InChI is InChI=1S/C22H27N9O4/c23-19-27-17-12(9-30-15(32)5-6-16(30)33)25-20(24)31-10-13(18(34)22(17,31)28-19)26-21(35)29-8-7-11-3-1-2-4-14(11)29/h1-4,12-13,17-18,34H,5-10H2,(H6,23,24,25,26,27,28,35)/p+1/t12-,13-,17?,18+,22?/m0/s1. The van der Waals surface area contributed by atoms with Crippen molar-refractivity contribution in [2.75, 3.05) is 24.5 Å². The Morgan fingerprint density at radius 1 is 1.23 bits per heavy atom. The van der Waals surface area contributed by atoms with E-state index in [0.717, 1.165) is 17.7 Å². The number of hydrogen-bond acceptors (Lipinski definition) is 9. The van der Waals surface area contributed by atoms with Gasteiger partial charge in [-0.2, -0.15) is 0 Å². The second kappa shape index (κ2) is 7.57. The summed E-state index contributed by atoms with van der Waals surface area (Å²) in [7, 11) is 0. The third kappa shape index (κ3) is 3.07. The molecular formula is C22H28N9O4+. The molecule has 0 aliphatic carbocycles. The van der Waals surface area contributed by atoms with Crippen molar-refractivity contribution in [1.82, 2.24) is 20.9 Å². The molecule has 8 N–H and O–H groups in total. The van der Waals surface area contributed by atoms with Crippen molar-refractivity contribution in [3.8, 4) is 0 Å². The van der Waals surface area contributed by atoms with Crippen LogP contribution in [0.4, 0.5) is 10.5 Å². The van der Waals surface area contributed by atoms with E-state index < -0.39 is 29.9 Å². The van der Waals surface area contributed by atoms with Crippen LogP contribution in [-0.2, 0) is 16.0 Å². The second-order valence-corrected chi connectivity index (χ2v) is 9.59. The summed E-state index contributed by atoms with van der Waals surface area (Å²) in [6.45, 7) is 0.808. The smallest absolute Gasteiger partial charge is 0.345 e. The molecule has 6 rings (SSSR count). The number of guanidine groups is 2. The number of amides is 4. The number of benzene rings is 1. The highest BCUT2D eigenvalue weighted by Gasteiger charge is 2.67. The molecule has 13 heteroatoms. The average Bonchev–Trinajstić information content (AvgIpc) is 3.56. The summed E-state index contributed by atoms with van der Waals surface area (Å²) in [5, 5.41) is 20.7. The van der Waals surface area contributed by atoms with E-state index in [-0.39, 0.29) is 55.7 Å². The lowest BCUT2D eigenvalue weighted by Crippen LogP contribution is -2.75. The molecular weight excluding hydrogens is 454 g/mol. The van der Waals surface area contributed by atoms with Crippen LogP contribution in [0.25, 0.3) is 0 Å². The number of nitrogens with one attached hydrogen (secondary N) is 3. The van der Waals surface area contributed by atoms with Crippen LogP contribution >= 0.6 is 0 Å². The molecule has 5 aliphatic rings. The molecule has 1 spiro atoms. The zero-order valence-electron chi connectivity index (χ0n) is 19.0. The van der Waals surface area contributed by atoms with Gasteiger partial charge in [-0.3, -0.25) is 30.4 Å². The predicted octanol–water partition coefficient (Wildman–Crippen LogP) is -3.07. The monoisotopic (exact) mass is 482 g/mol. The maximum absolute atomic E-state index is 13.2. The van der Waals surface area contributed by atoms with Gasteiger partial charge in [-0.15, -0.1) is 0 Å². The van der Waals surface area contributed by atoms with E-state index in [1.807, 2.05) is 24.3 Å². The first-order valence-corrected chi connectivity index (χ1v) is 11.7. The van der Waals surface area contributed by atoms with Gasteiger partial charge >= 0.3 is 12.0 Å². The normalized spacial score (nSPS) is 33.2. The largest absolute Gasteiger partial charge is 0.385 e. The Labute approximate surface area is 200 Å². The Morgan fingerprint density at radius 2 is 1.97 bits per heavy atom. The van der Waals surface area contributed by atoms with Gasteiger partial charge in [0.15, 0.2) is 5.96 Å². The number of rotatable bonds is 3. The number of urea groups is 1. The van der Waals surface area contributed by atoms with Crippen molar-refractivity contribution in [2.45, 2.75) is 49.2 Å². The van der Waals surface area contributed by atoms with Crippen LogP contribution < -0.4 is 32.3 Å². The zero-order valence-corrected chi connectivity index (χ0v) is 19.0. The second-order valence-electron chi connectivity index (χ2n) is 9.59. The van der Waals surface area contributed by atoms with Gasteiger partial charge in [-0.1, -0.05) is 18.2 Å². The van der Waals surface area contributed by atoms with Gasteiger partial charge in [-0.05, 0) is 18.1 Å². The molecule has 0 saturated carbocycles. The number of nitrogens with two attached hydrogens (primary N) is 2. The minimum absolute atomic E-state index is 0.0470. The summed E-state index contributed by atoms with van der Waals surface area (Å²) in [6.07, 6.45) is -0.0205. The third-order valence-corrected chi connectivity index (χ3v) is 7.70. The minimum atomic E-state index is -1.23. The molecule has 184 valence electrons. The lowest BCUT2D eigenvalue weighted by molar-refractivity contribution is -0.607. The Balaban J connectivity index is 1.26. The SMILES string of the molecule is NC1=NC2[C@H](CN3C(=O)CCC3=O)NC(N)=[N+]3C[C@H](NC(=O)N4CCc5ccccc54)[C@@H](O)C23N1. The van der Waals surface area contributed by atoms with Crippen molar-refractivity contribution in [2.24, 2.45) is 16.5 Å². The van der Waals surface area contributed by atoms with Gasteiger partial charge in [0, 0.05) is 25.1 Å². The van der Waals surface area contributed by atoms with Crippen molar-refractivity contribution in [3.05, 3.63) is 29.8 Å². The number of anilines is 1. The molecule has 4 amide bonds. The molecule has 5 atom stereocenters. The molecule has 13 nitrogen and oxygen atoms in total. The van der Waals surface area contributed by atoms with Crippen molar-refractivity contribution < 1.29 is 24.1 Å². The van der Waals surface area contributed by atoms with E-state index in [1.54, 1.807) is 9.48 Å². The van der Waals surface area contributed by atoms with E-state index in [4.69, 9.17) is 11.5 Å². The van der Waals surface area contributed by atoms with E-state index >= 15 is 0 Å². The summed E-state index contributed by atoms with van der Waals surface area (Å²) < 4.78 is 1.72. The number of aliphatic hydroxyl groups is 1. The molecule has 2 saturated heterocycles. The van der Waals surface area contributed by atoms with E-state index in [1.165, 1.54) is 4.90 Å². The predicted molar refractivity (Wildman–Crippen MR) is 124 cm³/mol. The molecule has 1 aromatic rings. The maximum atomic E-state index is 13.2. The Morgan fingerprint density at radius 3 is 2.74 bits per heavy atom. The molecule has 35 heavy (non-hydrogen) atoms. The van der Waals surface area contributed by atoms with Gasteiger partial charge in [-0.25, -0.2) is 14.4 Å². The number of carbonyl (C=O) groups excluding carboxylic acids is 3. The third-order valence-electron chi connectivity index (χ3n) is 7.70. The van der Waals surface area contributed by atoms with Crippen LogP contribution in [-0.4, -0.2) is 93.9 Å². The van der Waals surface area contributed by atoms with Gasteiger partial charge in [0.25, 0.3) is 0 Å². The highest BCUT2D eigenvalue weighted by Crippen LogP contribution is 2.37. The summed E-state index contributed by atoms with van der Waals surface area (Å²) in [4.78, 5) is 45.0. The van der Waals surface area contributed by atoms with E-state index in [2.05, 4.69) is 20.9 Å². The van der Waals surface area contributed by atoms with Crippen LogP contribution in [0.1, 0.15) is 18.4 Å². The van der Waals surface area contributed by atoms with Crippen LogP contribution in [0, 0.1) is 0 Å². The lowest BCUT2D eigenvalue weighted by atomic mass is 9.87. The summed E-state index contributed by atoms with van der Waals surface area (Å²) in [5.74, 6) is -0.152. The maximum Gasteiger partial charge on any atom is 0.345 e. The summed E-state index contributed by atoms with van der Waals surface area (Å²) in [6, 6.07) is 5.50. The number of aliphatic imine (C=N–C) groups is 1. The minimum Gasteiger partial charge on any atom is -0.385 e. The van der Waals surface area contributed by atoms with Crippen LogP contribution in [0.2, 0.25) is 0 Å². The van der Waals surface area contributed by atoms with Gasteiger partial charge in [0.05, 0.1) is 19.1 Å². The molecule has 5 aliphatic heterocycles. The van der Waals surface area contributed by atoms with E-state index in [9.17, 15) is 19.5 Å². The fourth-order valence-corrected chi connectivity index (χ4v) is 6.07. The number of aliphatic hydroxyl groups excluding tert-OH is 1. The molecule has 0 aromatic heterocycles. The summed E-state index contributed by atoms with van der Waals surface area (Å²) >= 11 is 0. The molecule has 1 aromatic carbocycles. The van der Waals surface area contributed by atoms with Gasteiger partial charge in [0.1, 0.15) is 18.2 Å². The number of hydrogen-bond donors (Lipinski definition) is 6. The first-order valence-electron chi connectivity index (χ1n) is 11.7. The van der Waals surface area contributed by atoms with Crippen LogP contribution in [0.3, 0.4) is 0 Å². The Kier molecular flexibility index (Phi) is 4.68. The Bertz CT molecular complexity index is 1180. The van der Waals surface area contributed by atoms with Crippen molar-refractivity contribution in [1.29, 1.82) is 0 Å². The fourth-order valence-electron chi connectivity index (χ4n) is 6.07. The first-order chi connectivity index (χ1) is 16.8. The average molecular weight is 483 g/mol. The number of likely N-dealkylation sites (tertiary alicyclic amines) is 1. The lowest BCUT2D eigenvalue weighted by Gasteiger charge is -2.41. The summed E-state index contributed by atoms with van der Waals surface area (Å²) in [5.41, 5.74) is 13.1. The van der Waals surface area contributed by atoms with Crippen molar-refractivity contribution >= 4 is 35.5 Å². The van der Waals surface area contributed by atoms with Gasteiger partial charge in [0.2, 0.25) is 17.5 Å². The van der Waals surface area contributed by atoms with Crippen LogP contribution in [0.5, 0.6) is 0 Å². The highest BCUT2D eigenvalue weighted by atomic mass is 16.3. The van der Waals surface area contributed by atoms with Gasteiger partial charge < -0.3 is 21.5 Å². The Hall–Kier alpha value is -3.87. The number of para-hydroxylation sites is 1. The number of carbonyl (C=O) groups is 3. The van der Waals surface area contributed by atoms with Crippen molar-refractivity contribution in [3.63, 3.8) is 0 Å². The number of fused-ring (bicyclic) bond motifs is 1.